The third-order valence-corrected chi connectivity index (χ3v) is 5.14. The van der Waals surface area contributed by atoms with Crippen LogP contribution >= 0.6 is 12.4 Å². The number of halogens is 1. The van der Waals surface area contributed by atoms with E-state index >= 15 is 0 Å². The van der Waals surface area contributed by atoms with Crippen LogP contribution in [0.1, 0.15) is 31.2 Å². The first-order valence-electron chi connectivity index (χ1n) is 7.41. The van der Waals surface area contributed by atoms with E-state index in [0.717, 1.165) is 12.5 Å². The Morgan fingerprint density at radius 1 is 1.16 bits per heavy atom. The summed E-state index contributed by atoms with van der Waals surface area (Å²) in [6.07, 6.45) is 5.63. The highest BCUT2D eigenvalue weighted by Gasteiger charge is 2.41. The van der Waals surface area contributed by atoms with Gasteiger partial charge in [-0.15, -0.1) is 12.4 Å². The predicted molar refractivity (Wildman–Crippen MR) is 82.3 cm³/mol. The second-order valence-corrected chi connectivity index (χ2v) is 6.42. The number of fused-ring (bicyclic) bond motifs is 2. The lowest BCUT2D eigenvalue weighted by molar-refractivity contribution is 0.163. The summed E-state index contributed by atoms with van der Waals surface area (Å²) >= 11 is 0. The van der Waals surface area contributed by atoms with Crippen molar-refractivity contribution in [1.82, 2.24) is 4.90 Å². The molecule has 2 aliphatic heterocycles. The van der Waals surface area contributed by atoms with Crippen molar-refractivity contribution in [2.75, 3.05) is 31.5 Å². The van der Waals surface area contributed by atoms with Gasteiger partial charge in [-0.2, -0.15) is 0 Å². The molecule has 2 nitrogen and oxygen atoms in total. The molecule has 1 aromatic rings. The van der Waals surface area contributed by atoms with Gasteiger partial charge < -0.3 is 10.2 Å². The van der Waals surface area contributed by atoms with E-state index in [1.54, 1.807) is 5.56 Å². The zero-order valence-corrected chi connectivity index (χ0v) is 12.2. The predicted octanol–water partition coefficient (Wildman–Crippen LogP) is 3.28. The van der Waals surface area contributed by atoms with Crippen molar-refractivity contribution in [3.63, 3.8) is 0 Å². The number of anilines is 1. The normalized spacial score (nSPS) is 24.6. The maximum absolute atomic E-state index is 3.61. The van der Waals surface area contributed by atoms with Crippen LogP contribution in [0.25, 0.3) is 0 Å². The molecule has 0 atom stereocenters. The highest BCUT2D eigenvalue weighted by atomic mass is 35.5. The minimum atomic E-state index is 0. The molecule has 1 aromatic carbocycles. The number of hydrogen-bond acceptors (Lipinski definition) is 2. The van der Waals surface area contributed by atoms with Crippen LogP contribution in [0.3, 0.4) is 0 Å². The number of rotatable bonds is 2. The number of para-hydroxylation sites is 1. The Morgan fingerprint density at radius 3 is 2.63 bits per heavy atom. The zero-order valence-electron chi connectivity index (χ0n) is 11.4. The number of nitrogens with zero attached hydrogens (tertiary/aromatic N) is 1. The molecular formula is C16H23ClN2. The van der Waals surface area contributed by atoms with Gasteiger partial charge >= 0.3 is 0 Å². The Kier molecular flexibility index (Phi) is 3.48. The third-order valence-electron chi connectivity index (χ3n) is 5.14. The van der Waals surface area contributed by atoms with Gasteiger partial charge in [-0.1, -0.05) is 18.2 Å². The van der Waals surface area contributed by atoms with Gasteiger partial charge in [0.25, 0.3) is 0 Å². The van der Waals surface area contributed by atoms with Crippen LogP contribution in [-0.2, 0) is 5.41 Å². The van der Waals surface area contributed by atoms with E-state index in [0.29, 0.717) is 5.41 Å². The van der Waals surface area contributed by atoms with E-state index in [1.807, 2.05) is 0 Å². The average molecular weight is 279 g/mol. The Hall–Kier alpha value is -0.730. The van der Waals surface area contributed by atoms with Crippen LogP contribution in [0.15, 0.2) is 24.3 Å². The minimum Gasteiger partial charge on any atom is -0.384 e. The van der Waals surface area contributed by atoms with Crippen LogP contribution in [0, 0.1) is 5.92 Å². The fraction of sp³-hybridized carbons (Fsp3) is 0.625. The molecule has 2 fully saturated rings. The van der Waals surface area contributed by atoms with Crippen molar-refractivity contribution in [3.05, 3.63) is 29.8 Å². The molecule has 3 aliphatic rings. The Labute approximate surface area is 122 Å². The van der Waals surface area contributed by atoms with Gasteiger partial charge in [0.15, 0.2) is 0 Å². The Balaban J connectivity index is 0.00000110. The summed E-state index contributed by atoms with van der Waals surface area (Å²) in [7, 11) is 0. The number of nitrogens with one attached hydrogen (secondary N) is 1. The standard InChI is InChI=1S/C16H22N2.ClH/c1-2-4-15-14(3-1)16(12-17-15)7-9-18(10-8-16)11-13-5-6-13;/h1-4,13,17H,5-12H2;1H. The van der Waals surface area contributed by atoms with Gasteiger partial charge in [0.1, 0.15) is 0 Å². The van der Waals surface area contributed by atoms with Gasteiger partial charge in [0, 0.05) is 24.2 Å². The molecule has 0 unspecified atom stereocenters. The van der Waals surface area contributed by atoms with Crippen LogP contribution in [0.5, 0.6) is 0 Å². The first-order valence-corrected chi connectivity index (χ1v) is 7.41. The smallest absolute Gasteiger partial charge is 0.0379 e. The summed E-state index contributed by atoms with van der Waals surface area (Å²) in [5.74, 6) is 1.04. The van der Waals surface area contributed by atoms with Gasteiger partial charge in [0.05, 0.1) is 0 Å². The Morgan fingerprint density at radius 2 is 1.89 bits per heavy atom. The topological polar surface area (TPSA) is 15.3 Å². The van der Waals surface area contributed by atoms with Crippen molar-refractivity contribution in [3.8, 4) is 0 Å². The van der Waals surface area contributed by atoms with Crippen molar-refractivity contribution < 1.29 is 0 Å². The first kappa shape index (κ1) is 13.3. The summed E-state index contributed by atoms with van der Waals surface area (Å²) in [4.78, 5) is 2.70. The fourth-order valence-electron chi connectivity index (χ4n) is 3.73. The molecule has 0 aromatic heterocycles. The minimum absolute atomic E-state index is 0. The van der Waals surface area contributed by atoms with Crippen molar-refractivity contribution >= 4 is 18.1 Å². The molecule has 2 heterocycles. The van der Waals surface area contributed by atoms with E-state index in [4.69, 9.17) is 0 Å². The SMILES string of the molecule is Cl.c1ccc2c(c1)NCC21CCN(CC2CC2)CC1. The zero-order chi connectivity index (χ0) is 12.0. The molecule has 0 amide bonds. The van der Waals surface area contributed by atoms with Crippen LogP contribution in [-0.4, -0.2) is 31.1 Å². The lowest BCUT2D eigenvalue weighted by atomic mass is 9.74. The van der Waals surface area contributed by atoms with Crippen molar-refractivity contribution in [2.24, 2.45) is 5.92 Å². The maximum Gasteiger partial charge on any atom is 0.0379 e. The Bertz CT molecular complexity index is 448. The third kappa shape index (κ3) is 2.36. The quantitative estimate of drug-likeness (QED) is 0.893. The second-order valence-electron chi connectivity index (χ2n) is 6.42. The maximum atomic E-state index is 3.61. The molecule has 0 bridgehead atoms. The van der Waals surface area contributed by atoms with E-state index < -0.39 is 0 Å². The van der Waals surface area contributed by atoms with E-state index in [9.17, 15) is 0 Å². The van der Waals surface area contributed by atoms with Gasteiger partial charge in [-0.05, 0) is 56.3 Å². The average Bonchev–Trinajstić information content (AvgIpc) is 3.17. The van der Waals surface area contributed by atoms with E-state index in [-0.39, 0.29) is 12.4 Å². The molecule has 19 heavy (non-hydrogen) atoms. The molecular weight excluding hydrogens is 256 g/mol. The summed E-state index contributed by atoms with van der Waals surface area (Å²) in [6.45, 7) is 5.12. The summed E-state index contributed by atoms with van der Waals surface area (Å²) in [5, 5.41) is 3.61. The highest BCUT2D eigenvalue weighted by molar-refractivity contribution is 5.85. The van der Waals surface area contributed by atoms with Crippen molar-refractivity contribution in [2.45, 2.75) is 31.1 Å². The molecule has 4 rings (SSSR count). The summed E-state index contributed by atoms with van der Waals surface area (Å²) in [6, 6.07) is 8.92. The number of benzene rings is 1. The summed E-state index contributed by atoms with van der Waals surface area (Å²) < 4.78 is 0. The summed E-state index contributed by atoms with van der Waals surface area (Å²) in [5.41, 5.74) is 3.40. The molecule has 0 radical (unpaired) electrons. The van der Waals surface area contributed by atoms with E-state index in [1.165, 1.54) is 51.0 Å². The monoisotopic (exact) mass is 278 g/mol. The molecule has 1 spiro atoms. The molecule has 1 N–H and O–H groups in total. The second kappa shape index (κ2) is 4.99. The van der Waals surface area contributed by atoms with Gasteiger partial charge in [-0.25, -0.2) is 0 Å². The first-order chi connectivity index (χ1) is 8.86. The largest absolute Gasteiger partial charge is 0.384 e. The molecule has 1 saturated carbocycles. The molecule has 3 heteroatoms. The van der Waals surface area contributed by atoms with E-state index in [2.05, 4.69) is 34.5 Å². The molecule has 104 valence electrons. The number of piperidine rings is 1. The molecule has 1 saturated heterocycles. The fourth-order valence-corrected chi connectivity index (χ4v) is 3.73. The van der Waals surface area contributed by atoms with Crippen molar-refractivity contribution in [1.29, 1.82) is 0 Å². The highest BCUT2D eigenvalue weighted by Crippen LogP contribution is 2.44. The van der Waals surface area contributed by atoms with Crippen LogP contribution < -0.4 is 5.32 Å². The van der Waals surface area contributed by atoms with Gasteiger partial charge in [0.2, 0.25) is 0 Å². The number of likely N-dealkylation sites (tertiary alicyclic amines) is 1. The lowest BCUT2D eigenvalue weighted by Crippen LogP contribution is -2.44. The van der Waals surface area contributed by atoms with Crippen LogP contribution in [0.4, 0.5) is 5.69 Å². The molecule has 1 aliphatic carbocycles. The lowest BCUT2D eigenvalue weighted by Gasteiger charge is -2.39. The van der Waals surface area contributed by atoms with Crippen LogP contribution in [0.2, 0.25) is 0 Å². The number of hydrogen-bond donors (Lipinski definition) is 1. The van der Waals surface area contributed by atoms with Gasteiger partial charge in [-0.3, -0.25) is 0 Å².